The van der Waals surface area contributed by atoms with Crippen LogP contribution in [0.15, 0.2) is 6.20 Å². The molecule has 0 radical (unpaired) electrons. The molecule has 4 N–H and O–H groups in total. The second-order valence-corrected chi connectivity index (χ2v) is 2.34. The summed E-state index contributed by atoms with van der Waals surface area (Å²) in [7, 11) is 0. The highest BCUT2D eigenvalue weighted by Crippen LogP contribution is 2.05. The summed E-state index contributed by atoms with van der Waals surface area (Å²) in [5.74, 6) is -0.248. The number of hydrogen-bond acceptors (Lipinski definition) is 5. The predicted molar refractivity (Wildman–Crippen MR) is 44.1 cm³/mol. The van der Waals surface area contributed by atoms with Crippen molar-refractivity contribution in [3.05, 3.63) is 17.6 Å². The molecule has 0 aliphatic heterocycles. The van der Waals surface area contributed by atoms with Gasteiger partial charge in [0, 0.05) is 0 Å². The molecule has 13 heavy (non-hydrogen) atoms. The van der Waals surface area contributed by atoms with Crippen molar-refractivity contribution in [1.29, 1.82) is 5.26 Å². The van der Waals surface area contributed by atoms with Crippen LogP contribution in [0, 0.1) is 11.3 Å². The number of nitriles is 1. The second kappa shape index (κ2) is 3.49. The molecule has 66 valence electrons. The molecule has 1 amide bonds. The van der Waals surface area contributed by atoms with E-state index in [2.05, 4.69) is 9.97 Å². The second-order valence-electron chi connectivity index (χ2n) is 2.34. The number of amides is 1. The van der Waals surface area contributed by atoms with Gasteiger partial charge in [-0.3, -0.25) is 4.79 Å². The van der Waals surface area contributed by atoms with E-state index in [0.717, 1.165) is 0 Å². The van der Waals surface area contributed by atoms with E-state index in [-0.39, 0.29) is 23.6 Å². The maximum Gasteiger partial charge on any atom is 0.225 e. The molecule has 6 nitrogen and oxygen atoms in total. The monoisotopic (exact) mass is 177 g/mol. The normalized spacial score (nSPS) is 9.15. The Bertz CT molecular complexity index is 381. The Morgan fingerprint density at radius 3 is 2.85 bits per heavy atom. The van der Waals surface area contributed by atoms with Crippen molar-refractivity contribution in [2.75, 3.05) is 5.73 Å². The number of hydrogen-bond donors (Lipinski definition) is 2. The van der Waals surface area contributed by atoms with Crippen LogP contribution in [0.4, 0.5) is 5.82 Å². The molecule has 6 heteroatoms. The van der Waals surface area contributed by atoms with Gasteiger partial charge in [0.15, 0.2) is 0 Å². The third kappa shape index (κ3) is 2.13. The van der Waals surface area contributed by atoms with E-state index >= 15 is 0 Å². The maximum absolute atomic E-state index is 10.5. The number of carbonyl (C=O) groups excluding carboxylic acids is 1. The van der Waals surface area contributed by atoms with Gasteiger partial charge in [0.1, 0.15) is 23.3 Å². The molecule has 1 rings (SSSR count). The van der Waals surface area contributed by atoms with Crippen LogP contribution in [-0.2, 0) is 11.2 Å². The maximum atomic E-state index is 10.5. The Morgan fingerprint density at radius 1 is 1.69 bits per heavy atom. The molecule has 0 atom stereocenters. The summed E-state index contributed by atoms with van der Waals surface area (Å²) in [6.07, 6.45) is 1.19. The first-order chi connectivity index (χ1) is 6.13. The smallest absolute Gasteiger partial charge is 0.225 e. The Hall–Kier alpha value is -2.16. The van der Waals surface area contributed by atoms with Crippen molar-refractivity contribution in [2.24, 2.45) is 5.73 Å². The van der Waals surface area contributed by atoms with Gasteiger partial charge in [-0.1, -0.05) is 0 Å². The summed E-state index contributed by atoms with van der Waals surface area (Å²) < 4.78 is 0. The van der Waals surface area contributed by atoms with Crippen molar-refractivity contribution in [2.45, 2.75) is 6.42 Å². The van der Waals surface area contributed by atoms with Gasteiger partial charge in [-0.15, -0.1) is 0 Å². The van der Waals surface area contributed by atoms with Gasteiger partial charge >= 0.3 is 0 Å². The molecule has 1 aromatic rings. The lowest BCUT2D eigenvalue weighted by Gasteiger charge is -1.98. The van der Waals surface area contributed by atoms with Gasteiger partial charge in [-0.05, 0) is 0 Å². The molecule has 1 heterocycles. The molecule has 0 aliphatic rings. The zero-order valence-electron chi connectivity index (χ0n) is 6.69. The van der Waals surface area contributed by atoms with Gasteiger partial charge < -0.3 is 11.5 Å². The van der Waals surface area contributed by atoms with Crippen LogP contribution in [0.1, 0.15) is 11.4 Å². The fraction of sp³-hybridized carbons (Fsp3) is 0.143. The Morgan fingerprint density at radius 2 is 2.38 bits per heavy atom. The third-order valence-corrected chi connectivity index (χ3v) is 1.32. The molecule has 1 aromatic heterocycles. The van der Waals surface area contributed by atoms with Crippen LogP contribution < -0.4 is 11.5 Å². The van der Waals surface area contributed by atoms with E-state index in [0.29, 0.717) is 0 Å². The van der Waals surface area contributed by atoms with Crippen LogP contribution in [0.2, 0.25) is 0 Å². The average Bonchev–Trinajstić information content (AvgIpc) is 2.03. The van der Waals surface area contributed by atoms with E-state index in [9.17, 15) is 4.79 Å². The van der Waals surface area contributed by atoms with Gasteiger partial charge in [-0.2, -0.15) is 5.26 Å². The summed E-state index contributed by atoms with van der Waals surface area (Å²) in [5.41, 5.74) is 10.5. The molecule has 0 saturated heterocycles. The Balaban J connectivity index is 2.97. The number of nitrogens with zero attached hydrogens (tertiary/aromatic N) is 3. The molecule has 0 aromatic carbocycles. The fourth-order valence-corrected chi connectivity index (χ4v) is 0.760. The molecule has 0 spiro atoms. The number of aromatic nitrogens is 2. The van der Waals surface area contributed by atoms with E-state index in [1.165, 1.54) is 6.20 Å². The number of primary amides is 1. The van der Waals surface area contributed by atoms with Crippen LogP contribution in [-0.4, -0.2) is 15.9 Å². The number of rotatable bonds is 2. The largest absolute Gasteiger partial charge is 0.382 e. The summed E-state index contributed by atoms with van der Waals surface area (Å²) in [4.78, 5) is 17.9. The Labute approximate surface area is 74.2 Å². The molecule has 0 aliphatic carbocycles. The summed E-state index contributed by atoms with van der Waals surface area (Å²) in [6.45, 7) is 0. The molecule has 0 saturated carbocycles. The first-order valence-electron chi connectivity index (χ1n) is 3.43. The van der Waals surface area contributed by atoms with Gasteiger partial charge in [0.2, 0.25) is 5.91 Å². The number of nitrogens with two attached hydrogens (primary N) is 2. The molecule has 0 unspecified atom stereocenters. The summed E-state index contributed by atoms with van der Waals surface area (Å²) >= 11 is 0. The molecular weight excluding hydrogens is 170 g/mol. The zero-order chi connectivity index (χ0) is 9.84. The number of anilines is 1. The van der Waals surface area contributed by atoms with Gasteiger partial charge in [-0.25, -0.2) is 9.97 Å². The zero-order valence-corrected chi connectivity index (χ0v) is 6.69. The topological polar surface area (TPSA) is 119 Å². The number of carbonyl (C=O) groups is 1. The molecule has 0 fully saturated rings. The van der Waals surface area contributed by atoms with E-state index < -0.39 is 5.91 Å². The lowest BCUT2D eigenvalue weighted by Crippen LogP contribution is -2.16. The van der Waals surface area contributed by atoms with Crippen molar-refractivity contribution in [3.8, 4) is 6.07 Å². The van der Waals surface area contributed by atoms with Crippen LogP contribution >= 0.6 is 0 Å². The minimum atomic E-state index is -0.538. The predicted octanol–water partition coefficient (Wildman–Crippen LogP) is -1.04. The summed E-state index contributed by atoms with van der Waals surface area (Å²) in [5, 5.41) is 8.49. The van der Waals surface area contributed by atoms with E-state index in [1.54, 1.807) is 0 Å². The van der Waals surface area contributed by atoms with Crippen molar-refractivity contribution >= 4 is 11.7 Å². The Kier molecular flexibility index (Phi) is 2.40. The molecule has 0 bridgehead atoms. The van der Waals surface area contributed by atoms with Crippen LogP contribution in [0.25, 0.3) is 0 Å². The van der Waals surface area contributed by atoms with Crippen molar-refractivity contribution < 1.29 is 4.79 Å². The standard InChI is InChI=1S/C7H7N5O/c8-2-4-3-11-6(1-5(9)13)12-7(4)10/h3H,1H2,(H2,9,13)(H2,10,11,12). The van der Waals surface area contributed by atoms with E-state index in [4.69, 9.17) is 16.7 Å². The first-order valence-corrected chi connectivity index (χ1v) is 3.43. The van der Waals surface area contributed by atoms with Gasteiger partial charge in [0.05, 0.1) is 12.6 Å². The lowest BCUT2D eigenvalue weighted by atomic mass is 10.3. The summed E-state index contributed by atoms with van der Waals surface area (Å²) in [6, 6.07) is 1.81. The number of nitrogen functional groups attached to an aromatic ring is 1. The average molecular weight is 177 g/mol. The minimum Gasteiger partial charge on any atom is -0.382 e. The highest BCUT2D eigenvalue weighted by atomic mass is 16.1. The highest BCUT2D eigenvalue weighted by molar-refractivity contribution is 5.75. The highest BCUT2D eigenvalue weighted by Gasteiger charge is 2.05. The van der Waals surface area contributed by atoms with E-state index in [1.807, 2.05) is 6.07 Å². The first kappa shape index (κ1) is 8.93. The molecular formula is C7H7N5O. The van der Waals surface area contributed by atoms with Crippen LogP contribution in [0.3, 0.4) is 0 Å². The quantitative estimate of drug-likeness (QED) is 0.597. The van der Waals surface area contributed by atoms with Gasteiger partial charge in [0.25, 0.3) is 0 Å². The van der Waals surface area contributed by atoms with Crippen molar-refractivity contribution in [1.82, 2.24) is 9.97 Å². The van der Waals surface area contributed by atoms with Crippen molar-refractivity contribution in [3.63, 3.8) is 0 Å². The third-order valence-electron chi connectivity index (χ3n) is 1.32. The van der Waals surface area contributed by atoms with Crippen LogP contribution in [0.5, 0.6) is 0 Å². The fourth-order valence-electron chi connectivity index (χ4n) is 0.760. The minimum absolute atomic E-state index is 0.0637. The lowest BCUT2D eigenvalue weighted by molar-refractivity contribution is -0.117. The SMILES string of the molecule is N#Cc1cnc(CC(N)=O)nc1N.